The Morgan fingerprint density at radius 1 is 1.26 bits per heavy atom. The Bertz CT molecular complexity index is 705. The van der Waals surface area contributed by atoms with Gasteiger partial charge < -0.3 is 5.11 Å². The molecule has 0 spiro atoms. The van der Waals surface area contributed by atoms with Crippen LogP contribution in [0.5, 0.6) is 0 Å². The summed E-state index contributed by atoms with van der Waals surface area (Å²) in [5, 5.41) is 14.5. The van der Waals surface area contributed by atoms with Crippen LogP contribution < -0.4 is 11.2 Å². The lowest BCUT2D eigenvalue weighted by molar-refractivity contribution is -0.136. The summed E-state index contributed by atoms with van der Waals surface area (Å²) in [4.78, 5) is 35.5. The molecule has 3 N–H and O–H groups in total. The standard InChI is InChI=1S/C11H9N3O4S/c15-8(16)5-6-1-3-7(4-2-6)19-10-9(17)12-11(18)14-13-10/h1-4H,5H2,(H,15,16)(H2,12,14,17,18). The maximum absolute atomic E-state index is 11.4. The summed E-state index contributed by atoms with van der Waals surface area (Å²) in [7, 11) is 0. The number of carboxylic acids is 1. The summed E-state index contributed by atoms with van der Waals surface area (Å²) in [5.41, 5.74) is -0.560. The maximum atomic E-state index is 11.4. The SMILES string of the molecule is O=C(O)Cc1ccc(Sc2n[nH]c(=O)[nH]c2=O)cc1. The third-order valence-electron chi connectivity index (χ3n) is 2.17. The van der Waals surface area contributed by atoms with Crippen molar-refractivity contribution < 1.29 is 9.90 Å². The zero-order valence-corrected chi connectivity index (χ0v) is 10.4. The molecule has 0 aliphatic rings. The van der Waals surface area contributed by atoms with Crippen molar-refractivity contribution in [3.63, 3.8) is 0 Å². The molecule has 1 aromatic carbocycles. The van der Waals surface area contributed by atoms with Crippen molar-refractivity contribution in [2.24, 2.45) is 0 Å². The summed E-state index contributed by atoms with van der Waals surface area (Å²) in [6.07, 6.45) is -0.0531. The normalized spacial score (nSPS) is 10.3. The zero-order valence-electron chi connectivity index (χ0n) is 9.54. The Balaban J connectivity index is 2.17. The lowest BCUT2D eigenvalue weighted by Crippen LogP contribution is -2.24. The van der Waals surface area contributed by atoms with Crippen LogP contribution in [-0.2, 0) is 11.2 Å². The number of rotatable bonds is 4. The number of benzene rings is 1. The number of hydrogen-bond acceptors (Lipinski definition) is 5. The van der Waals surface area contributed by atoms with Gasteiger partial charge in [-0.25, -0.2) is 9.89 Å². The van der Waals surface area contributed by atoms with E-state index in [1.807, 2.05) is 0 Å². The topological polar surface area (TPSA) is 116 Å². The van der Waals surface area contributed by atoms with Gasteiger partial charge in [0.1, 0.15) is 0 Å². The lowest BCUT2D eigenvalue weighted by atomic mass is 10.2. The highest BCUT2D eigenvalue weighted by Gasteiger charge is 2.06. The van der Waals surface area contributed by atoms with Crippen LogP contribution in [0.15, 0.2) is 43.8 Å². The van der Waals surface area contributed by atoms with Crippen molar-refractivity contribution in [2.45, 2.75) is 16.3 Å². The molecule has 1 heterocycles. The Labute approximate surface area is 110 Å². The van der Waals surface area contributed by atoms with E-state index in [0.29, 0.717) is 5.56 Å². The van der Waals surface area contributed by atoms with Crippen LogP contribution in [0.1, 0.15) is 5.56 Å². The number of hydrogen-bond donors (Lipinski definition) is 3. The van der Waals surface area contributed by atoms with E-state index in [1.54, 1.807) is 24.3 Å². The smallest absolute Gasteiger partial charge is 0.342 e. The quantitative estimate of drug-likeness (QED) is 0.738. The fraction of sp³-hybridized carbons (Fsp3) is 0.0909. The second kappa shape index (κ2) is 5.53. The molecule has 0 aliphatic carbocycles. The molecule has 0 fully saturated rings. The molecule has 0 saturated carbocycles. The third-order valence-corrected chi connectivity index (χ3v) is 3.15. The van der Waals surface area contributed by atoms with Crippen LogP contribution in [0.4, 0.5) is 0 Å². The third kappa shape index (κ3) is 3.55. The monoisotopic (exact) mass is 279 g/mol. The minimum atomic E-state index is -0.904. The summed E-state index contributed by atoms with van der Waals surface area (Å²) in [6, 6.07) is 6.71. The van der Waals surface area contributed by atoms with Crippen LogP contribution >= 0.6 is 11.8 Å². The number of carbonyl (C=O) groups is 1. The van der Waals surface area contributed by atoms with Gasteiger partial charge in [-0.05, 0) is 17.7 Å². The molecule has 0 radical (unpaired) electrons. The molecular weight excluding hydrogens is 270 g/mol. The fourth-order valence-corrected chi connectivity index (χ4v) is 2.10. The molecule has 8 heteroatoms. The van der Waals surface area contributed by atoms with Crippen molar-refractivity contribution in [1.29, 1.82) is 0 Å². The second-order valence-electron chi connectivity index (χ2n) is 3.63. The van der Waals surface area contributed by atoms with Gasteiger partial charge in [-0.1, -0.05) is 23.9 Å². The Morgan fingerprint density at radius 3 is 2.53 bits per heavy atom. The Morgan fingerprint density at radius 2 is 1.95 bits per heavy atom. The Hall–Kier alpha value is -2.35. The minimum Gasteiger partial charge on any atom is -0.481 e. The van der Waals surface area contributed by atoms with Gasteiger partial charge in [-0.2, -0.15) is 5.10 Å². The number of nitrogens with zero attached hydrogens (tertiary/aromatic N) is 1. The molecule has 19 heavy (non-hydrogen) atoms. The van der Waals surface area contributed by atoms with Gasteiger partial charge in [-0.3, -0.25) is 14.6 Å². The maximum Gasteiger partial charge on any atom is 0.342 e. The van der Waals surface area contributed by atoms with Crippen molar-refractivity contribution in [1.82, 2.24) is 15.2 Å². The minimum absolute atomic E-state index is 0.0531. The van der Waals surface area contributed by atoms with Gasteiger partial charge in [-0.15, -0.1) is 0 Å². The average Bonchev–Trinajstić information content (AvgIpc) is 2.34. The molecule has 7 nitrogen and oxygen atoms in total. The molecule has 0 unspecified atom stereocenters. The summed E-state index contributed by atoms with van der Waals surface area (Å²) in [6.45, 7) is 0. The van der Waals surface area contributed by atoms with E-state index in [1.165, 1.54) is 0 Å². The van der Waals surface area contributed by atoms with E-state index in [9.17, 15) is 14.4 Å². The number of aliphatic carboxylic acids is 1. The molecule has 0 saturated heterocycles. The first kappa shape index (κ1) is 13.1. The first-order valence-corrected chi connectivity index (χ1v) is 6.04. The second-order valence-corrected chi connectivity index (χ2v) is 4.69. The van der Waals surface area contributed by atoms with Gasteiger partial charge in [0.05, 0.1) is 6.42 Å². The molecule has 2 aromatic rings. The highest BCUT2D eigenvalue weighted by atomic mass is 32.2. The Kier molecular flexibility index (Phi) is 3.81. The van der Waals surface area contributed by atoms with Gasteiger partial charge in [0.2, 0.25) is 0 Å². The predicted octanol–water partition coefficient (Wildman–Crippen LogP) is 0.237. The summed E-state index contributed by atoms with van der Waals surface area (Å²) < 4.78 is 0. The number of aromatic nitrogens is 3. The van der Waals surface area contributed by atoms with E-state index in [-0.39, 0.29) is 11.4 Å². The van der Waals surface area contributed by atoms with Crippen LogP contribution in [0.25, 0.3) is 0 Å². The molecule has 0 atom stereocenters. The number of nitrogens with one attached hydrogen (secondary N) is 2. The van der Waals surface area contributed by atoms with E-state index in [0.717, 1.165) is 16.7 Å². The molecule has 0 amide bonds. The van der Waals surface area contributed by atoms with Gasteiger partial charge in [0.15, 0.2) is 5.03 Å². The molecule has 98 valence electrons. The van der Waals surface area contributed by atoms with Crippen LogP contribution in [0.2, 0.25) is 0 Å². The number of H-pyrrole nitrogens is 2. The van der Waals surface area contributed by atoms with Crippen molar-refractivity contribution in [2.75, 3.05) is 0 Å². The highest BCUT2D eigenvalue weighted by Crippen LogP contribution is 2.22. The van der Waals surface area contributed by atoms with Gasteiger partial charge >= 0.3 is 11.7 Å². The predicted molar refractivity (Wildman–Crippen MR) is 67.4 cm³/mol. The fourth-order valence-electron chi connectivity index (χ4n) is 1.37. The molecule has 0 bridgehead atoms. The molecular formula is C11H9N3O4S. The van der Waals surface area contributed by atoms with Crippen LogP contribution in [-0.4, -0.2) is 26.3 Å². The van der Waals surface area contributed by atoms with Crippen molar-refractivity contribution in [3.8, 4) is 0 Å². The number of aromatic amines is 2. The molecule has 2 rings (SSSR count). The molecule has 1 aromatic heterocycles. The van der Waals surface area contributed by atoms with Crippen molar-refractivity contribution >= 4 is 17.7 Å². The first-order valence-electron chi connectivity index (χ1n) is 5.22. The largest absolute Gasteiger partial charge is 0.481 e. The van der Waals surface area contributed by atoms with Gasteiger partial charge in [0.25, 0.3) is 5.56 Å². The van der Waals surface area contributed by atoms with E-state index >= 15 is 0 Å². The van der Waals surface area contributed by atoms with Crippen LogP contribution in [0.3, 0.4) is 0 Å². The van der Waals surface area contributed by atoms with E-state index in [4.69, 9.17) is 5.11 Å². The summed E-state index contributed by atoms with van der Waals surface area (Å²) >= 11 is 1.08. The molecule has 0 aliphatic heterocycles. The first-order chi connectivity index (χ1) is 9.04. The van der Waals surface area contributed by atoms with Crippen molar-refractivity contribution in [3.05, 3.63) is 50.7 Å². The highest BCUT2D eigenvalue weighted by molar-refractivity contribution is 7.99. The van der Waals surface area contributed by atoms with Crippen LogP contribution in [0, 0.1) is 0 Å². The average molecular weight is 279 g/mol. The van der Waals surface area contributed by atoms with E-state index in [2.05, 4.69) is 15.2 Å². The lowest BCUT2D eigenvalue weighted by Gasteiger charge is -2.01. The zero-order chi connectivity index (χ0) is 13.8. The van der Waals surface area contributed by atoms with Gasteiger partial charge in [0, 0.05) is 4.90 Å². The van der Waals surface area contributed by atoms with E-state index < -0.39 is 17.2 Å². The number of carboxylic acid groups (broad SMARTS) is 1. The summed E-state index contributed by atoms with van der Waals surface area (Å²) in [5.74, 6) is -0.904.